The quantitative estimate of drug-likeness (QED) is 0.358. The van der Waals surface area contributed by atoms with Crippen LogP contribution >= 0.6 is 0 Å². The number of aliphatic imine (C=N–C) groups is 1. The lowest BCUT2D eigenvalue weighted by atomic mass is 9.93. The second-order valence-electron chi connectivity index (χ2n) is 2.83. The summed E-state index contributed by atoms with van der Waals surface area (Å²) in [4.78, 5) is 14.9. The topological polar surface area (TPSA) is 38.7 Å². The van der Waals surface area contributed by atoms with Crippen molar-refractivity contribution in [3.63, 3.8) is 0 Å². The standard InChI is InChI=1S/C9H13NO2/c1-3-8-7(4-5-10-2)6-12-9(8)11/h3,5,7-8H,1,4,6H2,2H3/t7-,8+/m0/s1. The molecule has 12 heavy (non-hydrogen) atoms. The first-order valence-electron chi connectivity index (χ1n) is 3.99. The first kappa shape index (κ1) is 8.97. The van der Waals surface area contributed by atoms with Gasteiger partial charge in [-0.25, -0.2) is 0 Å². The molecular formula is C9H13NO2. The number of nitrogens with zero attached hydrogens (tertiary/aromatic N) is 1. The molecule has 0 aromatic heterocycles. The van der Waals surface area contributed by atoms with Gasteiger partial charge in [0, 0.05) is 13.0 Å². The maximum Gasteiger partial charge on any atom is 0.313 e. The maximum atomic E-state index is 11.0. The molecular weight excluding hydrogens is 154 g/mol. The van der Waals surface area contributed by atoms with Gasteiger partial charge in [0.1, 0.15) is 0 Å². The first-order chi connectivity index (χ1) is 5.79. The highest BCUT2D eigenvalue weighted by Gasteiger charge is 2.33. The van der Waals surface area contributed by atoms with Gasteiger partial charge in [-0.1, -0.05) is 6.08 Å². The molecule has 1 aliphatic rings. The van der Waals surface area contributed by atoms with Gasteiger partial charge in [-0.15, -0.1) is 6.58 Å². The Bertz CT molecular complexity index is 211. The van der Waals surface area contributed by atoms with Crippen molar-refractivity contribution in [3.05, 3.63) is 12.7 Å². The summed E-state index contributed by atoms with van der Waals surface area (Å²) in [7, 11) is 1.72. The SMILES string of the molecule is C=C[C@H]1C(=O)OC[C@@H]1CC=NC. The third kappa shape index (κ3) is 1.72. The largest absolute Gasteiger partial charge is 0.465 e. The Morgan fingerprint density at radius 3 is 3.17 bits per heavy atom. The van der Waals surface area contributed by atoms with E-state index >= 15 is 0 Å². The molecule has 0 aromatic rings. The monoisotopic (exact) mass is 167 g/mol. The van der Waals surface area contributed by atoms with Gasteiger partial charge < -0.3 is 9.73 Å². The van der Waals surface area contributed by atoms with Gasteiger partial charge in [0.25, 0.3) is 0 Å². The van der Waals surface area contributed by atoms with Crippen LogP contribution in [0.15, 0.2) is 17.6 Å². The summed E-state index contributed by atoms with van der Waals surface area (Å²) < 4.78 is 4.89. The molecule has 0 unspecified atom stereocenters. The molecule has 66 valence electrons. The summed E-state index contributed by atoms with van der Waals surface area (Å²) in [5.41, 5.74) is 0. The van der Waals surface area contributed by atoms with Gasteiger partial charge in [-0.3, -0.25) is 4.79 Å². The van der Waals surface area contributed by atoms with Crippen LogP contribution in [-0.2, 0) is 9.53 Å². The third-order valence-electron chi connectivity index (χ3n) is 2.06. The smallest absolute Gasteiger partial charge is 0.313 e. The molecule has 0 saturated carbocycles. The zero-order valence-electron chi connectivity index (χ0n) is 7.19. The molecule has 0 radical (unpaired) electrons. The number of rotatable bonds is 3. The second-order valence-corrected chi connectivity index (χ2v) is 2.83. The van der Waals surface area contributed by atoms with Crippen LogP contribution < -0.4 is 0 Å². The van der Waals surface area contributed by atoms with Crippen molar-refractivity contribution in [2.45, 2.75) is 6.42 Å². The fraction of sp³-hybridized carbons (Fsp3) is 0.556. The molecule has 0 bridgehead atoms. The second kappa shape index (κ2) is 4.04. The van der Waals surface area contributed by atoms with E-state index < -0.39 is 0 Å². The van der Waals surface area contributed by atoms with Crippen molar-refractivity contribution in [1.82, 2.24) is 0 Å². The molecule has 0 aromatic carbocycles. The number of esters is 1. The van der Waals surface area contributed by atoms with E-state index in [1.54, 1.807) is 13.1 Å². The molecule has 1 fully saturated rings. The van der Waals surface area contributed by atoms with Crippen molar-refractivity contribution < 1.29 is 9.53 Å². The minimum absolute atomic E-state index is 0.136. The van der Waals surface area contributed by atoms with Crippen molar-refractivity contribution in [1.29, 1.82) is 0 Å². The van der Waals surface area contributed by atoms with Gasteiger partial charge in [0.05, 0.1) is 12.5 Å². The lowest BCUT2D eigenvalue weighted by Crippen LogP contribution is -2.13. The highest BCUT2D eigenvalue weighted by molar-refractivity contribution is 5.77. The fourth-order valence-electron chi connectivity index (χ4n) is 1.33. The van der Waals surface area contributed by atoms with Gasteiger partial charge in [0.2, 0.25) is 0 Å². The van der Waals surface area contributed by atoms with Crippen molar-refractivity contribution in [3.8, 4) is 0 Å². The molecule has 0 spiro atoms. The van der Waals surface area contributed by atoms with E-state index in [2.05, 4.69) is 11.6 Å². The van der Waals surface area contributed by atoms with E-state index in [1.165, 1.54) is 0 Å². The number of carbonyl (C=O) groups excluding carboxylic acids is 1. The highest BCUT2D eigenvalue weighted by Crippen LogP contribution is 2.24. The number of hydrogen-bond acceptors (Lipinski definition) is 3. The van der Waals surface area contributed by atoms with Crippen LogP contribution in [0.2, 0.25) is 0 Å². The summed E-state index contributed by atoms with van der Waals surface area (Å²) in [6.07, 6.45) is 4.26. The van der Waals surface area contributed by atoms with Crippen LogP contribution in [0, 0.1) is 11.8 Å². The number of ether oxygens (including phenoxy) is 1. The lowest BCUT2D eigenvalue weighted by Gasteiger charge is -2.06. The number of cyclic esters (lactones) is 1. The molecule has 1 saturated heterocycles. The predicted molar refractivity (Wildman–Crippen MR) is 47.2 cm³/mol. The molecule has 0 aliphatic carbocycles. The van der Waals surface area contributed by atoms with Crippen molar-refractivity contribution >= 4 is 12.2 Å². The minimum Gasteiger partial charge on any atom is -0.465 e. The Kier molecular flexibility index (Phi) is 3.02. The normalized spacial score (nSPS) is 29.2. The van der Waals surface area contributed by atoms with E-state index in [4.69, 9.17) is 4.74 Å². The molecule has 3 nitrogen and oxygen atoms in total. The molecule has 0 amide bonds. The van der Waals surface area contributed by atoms with Crippen molar-refractivity contribution in [2.24, 2.45) is 16.8 Å². The summed E-state index contributed by atoms with van der Waals surface area (Å²) in [6.45, 7) is 4.11. The molecule has 2 atom stereocenters. The molecule has 0 N–H and O–H groups in total. The van der Waals surface area contributed by atoms with Crippen LogP contribution in [0.25, 0.3) is 0 Å². The Labute approximate surface area is 72.1 Å². The van der Waals surface area contributed by atoms with E-state index in [1.807, 2.05) is 6.21 Å². The van der Waals surface area contributed by atoms with Gasteiger partial charge in [0.15, 0.2) is 0 Å². The molecule has 1 aliphatic heterocycles. The van der Waals surface area contributed by atoms with Crippen molar-refractivity contribution in [2.75, 3.05) is 13.7 Å². The van der Waals surface area contributed by atoms with Crippen LogP contribution in [0.4, 0.5) is 0 Å². The summed E-state index contributed by atoms with van der Waals surface area (Å²) >= 11 is 0. The van der Waals surface area contributed by atoms with Gasteiger partial charge >= 0.3 is 5.97 Å². The van der Waals surface area contributed by atoms with E-state index in [-0.39, 0.29) is 17.8 Å². The zero-order chi connectivity index (χ0) is 8.97. The van der Waals surface area contributed by atoms with E-state index in [0.29, 0.717) is 6.61 Å². The Hall–Kier alpha value is -1.12. The summed E-state index contributed by atoms with van der Waals surface area (Å²) in [6, 6.07) is 0. The summed E-state index contributed by atoms with van der Waals surface area (Å²) in [5.74, 6) is -0.0544. The zero-order valence-corrected chi connectivity index (χ0v) is 7.19. The van der Waals surface area contributed by atoms with Crippen LogP contribution in [0.5, 0.6) is 0 Å². The van der Waals surface area contributed by atoms with E-state index in [0.717, 1.165) is 6.42 Å². The Morgan fingerprint density at radius 2 is 2.58 bits per heavy atom. The predicted octanol–water partition coefficient (Wildman–Crippen LogP) is 1.05. The minimum atomic E-state index is -0.153. The summed E-state index contributed by atoms with van der Waals surface area (Å²) in [5, 5.41) is 0. The van der Waals surface area contributed by atoms with E-state index in [9.17, 15) is 4.79 Å². The number of hydrogen-bond donors (Lipinski definition) is 0. The third-order valence-corrected chi connectivity index (χ3v) is 2.06. The average molecular weight is 167 g/mol. The van der Waals surface area contributed by atoms with Gasteiger partial charge in [-0.05, 0) is 12.6 Å². The first-order valence-corrected chi connectivity index (χ1v) is 3.99. The Morgan fingerprint density at radius 1 is 1.83 bits per heavy atom. The average Bonchev–Trinajstić information content (AvgIpc) is 2.43. The molecule has 3 heteroatoms. The van der Waals surface area contributed by atoms with Crippen LogP contribution in [-0.4, -0.2) is 25.8 Å². The lowest BCUT2D eigenvalue weighted by molar-refractivity contribution is -0.140. The highest BCUT2D eigenvalue weighted by atomic mass is 16.5. The van der Waals surface area contributed by atoms with Crippen LogP contribution in [0.1, 0.15) is 6.42 Å². The number of carbonyl (C=O) groups is 1. The molecule has 1 rings (SSSR count). The van der Waals surface area contributed by atoms with Gasteiger partial charge in [-0.2, -0.15) is 0 Å². The fourth-order valence-corrected chi connectivity index (χ4v) is 1.33. The maximum absolute atomic E-state index is 11.0. The Balaban J connectivity index is 2.54. The van der Waals surface area contributed by atoms with Crippen LogP contribution in [0.3, 0.4) is 0 Å². The molecule has 1 heterocycles.